The lowest BCUT2D eigenvalue weighted by Crippen LogP contribution is -2.48. The zero-order valence-electron chi connectivity index (χ0n) is 11.7. The van der Waals surface area contributed by atoms with E-state index in [1.807, 2.05) is 20.8 Å². The summed E-state index contributed by atoms with van der Waals surface area (Å²) in [6.45, 7) is 8.51. The van der Waals surface area contributed by atoms with Crippen LogP contribution in [0.15, 0.2) is 0 Å². The van der Waals surface area contributed by atoms with Crippen molar-refractivity contribution in [1.82, 2.24) is 10.2 Å². The third-order valence-electron chi connectivity index (χ3n) is 3.55. The Morgan fingerprint density at radius 1 is 1.44 bits per heavy atom. The minimum atomic E-state index is -0.253. The quantitative estimate of drug-likeness (QED) is 0.767. The fourth-order valence-corrected chi connectivity index (χ4v) is 2.09. The summed E-state index contributed by atoms with van der Waals surface area (Å²) in [7, 11) is 0. The predicted molar refractivity (Wildman–Crippen MR) is 68.8 cm³/mol. The van der Waals surface area contributed by atoms with Gasteiger partial charge in [0.2, 0.25) is 11.8 Å². The molecule has 1 aliphatic rings. The number of hydrogen-bond acceptors (Lipinski definition) is 3. The molecule has 104 valence electrons. The summed E-state index contributed by atoms with van der Waals surface area (Å²) in [5.74, 6) is -0.196. The highest BCUT2D eigenvalue weighted by Crippen LogP contribution is 2.21. The van der Waals surface area contributed by atoms with Crippen molar-refractivity contribution >= 4 is 11.8 Å². The molecule has 1 saturated heterocycles. The van der Waals surface area contributed by atoms with Gasteiger partial charge in [-0.1, -0.05) is 20.8 Å². The van der Waals surface area contributed by atoms with Crippen molar-refractivity contribution in [1.29, 1.82) is 0 Å². The van der Waals surface area contributed by atoms with Gasteiger partial charge in [0, 0.05) is 20.0 Å². The van der Waals surface area contributed by atoms with Gasteiger partial charge in [-0.05, 0) is 11.8 Å². The Bertz CT molecular complexity index is 323. The van der Waals surface area contributed by atoms with Crippen LogP contribution in [0.4, 0.5) is 0 Å². The average molecular weight is 256 g/mol. The Morgan fingerprint density at radius 3 is 2.44 bits per heavy atom. The van der Waals surface area contributed by atoms with Crippen molar-refractivity contribution in [3.05, 3.63) is 0 Å². The van der Waals surface area contributed by atoms with Crippen molar-refractivity contribution < 1.29 is 14.7 Å². The maximum Gasteiger partial charge on any atom is 0.225 e. The summed E-state index contributed by atoms with van der Waals surface area (Å²) in [4.78, 5) is 25.0. The van der Waals surface area contributed by atoms with Crippen molar-refractivity contribution in [3.63, 3.8) is 0 Å². The molecular weight excluding hydrogens is 232 g/mol. The molecule has 5 heteroatoms. The van der Waals surface area contributed by atoms with E-state index in [4.69, 9.17) is 0 Å². The average Bonchev–Trinajstić information content (AvgIpc) is 2.73. The van der Waals surface area contributed by atoms with Gasteiger partial charge in [0.15, 0.2) is 0 Å². The van der Waals surface area contributed by atoms with E-state index in [9.17, 15) is 14.7 Å². The standard InChI is InChI=1S/C13H24N2O3/c1-9(17)15-6-5-10(7-15)12(18)14-11(8-16)13(2,3)4/h10-11,16H,5-8H2,1-4H3,(H,14,18). The molecule has 0 saturated carbocycles. The van der Waals surface area contributed by atoms with Gasteiger partial charge < -0.3 is 15.3 Å². The third kappa shape index (κ3) is 3.70. The SMILES string of the molecule is CC(=O)N1CCC(C(=O)NC(CO)C(C)(C)C)C1. The molecule has 1 aliphatic heterocycles. The molecule has 0 aromatic carbocycles. The first-order chi connectivity index (χ1) is 8.25. The van der Waals surface area contributed by atoms with Crippen LogP contribution in [-0.2, 0) is 9.59 Å². The summed E-state index contributed by atoms with van der Waals surface area (Å²) in [6, 6.07) is -0.253. The number of likely N-dealkylation sites (tertiary alicyclic amines) is 1. The Hall–Kier alpha value is -1.10. The first kappa shape index (κ1) is 15.0. The Kier molecular flexibility index (Phi) is 4.73. The number of hydrogen-bond donors (Lipinski definition) is 2. The number of aliphatic hydroxyl groups excluding tert-OH is 1. The van der Waals surface area contributed by atoms with Crippen LogP contribution in [-0.4, -0.2) is 47.6 Å². The molecule has 1 heterocycles. The minimum Gasteiger partial charge on any atom is -0.394 e. The normalized spacial score (nSPS) is 21.8. The number of amides is 2. The molecule has 0 bridgehead atoms. The Balaban J connectivity index is 2.54. The maximum absolute atomic E-state index is 12.1. The minimum absolute atomic E-state index is 0.0137. The molecule has 1 rings (SSSR count). The summed E-state index contributed by atoms with van der Waals surface area (Å²) in [5.41, 5.74) is -0.177. The summed E-state index contributed by atoms with van der Waals surface area (Å²) >= 11 is 0. The van der Waals surface area contributed by atoms with E-state index in [1.165, 1.54) is 6.92 Å². The van der Waals surface area contributed by atoms with Crippen LogP contribution in [0, 0.1) is 11.3 Å². The highest BCUT2D eigenvalue weighted by Gasteiger charge is 2.33. The van der Waals surface area contributed by atoms with Crippen LogP contribution in [0.3, 0.4) is 0 Å². The van der Waals surface area contributed by atoms with E-state index < -0.39 is 0 Å². The van der Waals surface area contributed by atoms with Gasteiger partial charge in [0.25, 0.3) is 0 Å². The van der Waals surface area contributed by atoms with E-state index in [0.717, 1.165) is 0 Å². The highest BCUT2D eigenvalue weighted by molar-refractivity contribution is 5.81. The largest absolute Gasteiger partial charge is 0.394 e. The molecule has 0 aliphatic carbocycles. The van der Waals surface area contributed by atoms with Crippen LogP contribution in [0.25, 0.3) is 0 Å². The molecular formula is C13H24N2O3. The summed E-state index contributed by atoms with van der Waals surface area (Å²) < 4.78 is 0. The number of carbonyl (C=O) groups excluding carboxylic acids is 2. The zero-order valence-corrected chi connectivity index (χ0v) is 11.7. The molecule has 0 aromatic rings. The van der Waals surface area contributed by atoms with Crippen LogP contribution < -0.4 is 5.32 Å². The zero-order chi connectivity index (χ0) is 13.9. The number of nitrogens with zero attached hydrogens (tertiary/aromatic N) is 1. The molecule has 18 heavy (non-hydrogen) atoms. The van der Waals surface area contributed by atoms with Gasteiger partial charge in [-0.25, -0.2) is 0 Å². The number of carbonyl (C=O) groups is 2. The fourth-order valence-electron chi connectivity index (χ4n) is 2.09. The maximum atomic E-state index is 12.1. The molecule has 2 amide bonds. The highest BCUT2D eigenvalue weighted by atomic mass is 16.3. The van der Waals surface area contributed by atoms with Gasteiger partial charge in [0.1, 0.15) is 0 Å². The smallest absolute Gasteiger partial charge is 0.225 e. The monoisotopic (exact) mass is 256 g/mol. The van der Waals surface area contributed by atoms with Crippen molar-refractivity contribution in [3.8, 4) is 0 Å². The van der Waals surface area contributed by atoms with Gasteiger partial charge in [-0.15, -0.1) is 0 Å². The van der Waals surface area contributed by atoms with Crippen LogP contribution in [0.1, 0.15) is 34.1 Å². The van der Waals surface area contributed by atoms with Crippen LogP contribution in [0.5, 0.6) is 0 Å². The van der Waals surface area contributed by atoms with E-state index in [-0.39, 0.29) is 35.8 Å². The van der Waals surface area contributed by atoms with Crippen LogP contribution in [0.2, 0.25) is 0 Å². The number of nitrogens with one attached hydrogen (secondary N) is 1. The van der Waals surface area contributed by atoms with Gasteiger partial charge in [-0.2, -0.15) is 0 Å². The molecule has 5 nitrogen and oxygen atoms in total. The number of aliphatic hydroxyl groups is 1. The van der Waals surface area contributed by atoms with Gasteiger partial charge in [-0.3, -0.25) is 9.59 Å². The molecule has 1 fully saturated rings. The molecule has 2 unspecified atom stereocenters. The van der Waals surface area contributed by atoms with Crippen LogP contribution >= 0.6 is 0 Å². The summed E-state index contributed by atoms with van der Waals surface area (Å²) in [5, 5.41) is 12.2. The Labute approximate surface area is 109 Å². The third-order valence-corrected chi connectivity index (χ3v) is 3.55. The molecule has 0 radical (unpaired) electrons. The van der Waals surface area contributed by atoms with Crippen molar-refractivity contribution in [2.45, 2.75) is 40.2 Å². The molecule has 0 spiro atoms. The number of rotatable bonds is 3. The molecule has 0 aromatic heterocycles. The lowest BCUT2D eigenvalue weighted by molar-refractivity contribution is -0.129. The second-order valence-corrected chi connectivity index (χ2v) is 6.06. The van der Waals surface area contributed by atoms with Gasteiger partial charge >= 0.3 is 0 Å². The molecule has 2 N–H and O–H groups in total. The van der Waals surface area contributed by atoms with E-state index in [0.29, 0.717) is 19.5 Å². The van der Waals surface area contributed by atoms with E-state index in [2.05, 4.69) is 5.32 Å². The molecule has 2 atom stereocenters. The lowest BCUT2D eigenvalue weighted by atomic mass is 9.87. The summed E-state index contributed by atoms with van der Waals surface area (Å²) in [6.07, 6.45) is 0.702. The topological polar surface area (TPSA) is 69.6 Å². The van der Waals surface area contributed by atoms with E-state index in [1.54, 1.807) is 4.90 Å². The Morgan fingerprint density at radius 2 is 2.06 bits per heavy atom. The van der Waals surface area contributed by atoms with Crippen molar-refractivity contribution in [2.24, 2.45) is 11.3 Å². The lowest BCUT2D eigenvalue weighted by Gasteiger charge is -2.30. The fraction of sp³-hybridized carbons (Fsp3) is 0.846. The predicted octanol–water partition coefficient (Wildman–Crippen LogP) is 0.378. The second-order valence-electron chi connectivity index (χ2n) is 6.06. The van der Waals surface area contributed by atoms with Crippen molar-refractivity contribution in [2.75, 3.05) is 19.7 Å². The van der Waals surface area contributed by atoms with Gasteiger partial charge in [0.05, 0.1) is 18.6 Å². The second kappa shape index (κ2) is 5.69. The first-order valence-electron chi connectivity index (χ1n) is 6.42. The van der Waals surface area contributed by atoms with E-state index >= 15 is 0 Å². The first-order valence-corrected chi connectivity index (χ1v) is 6.42.